The van der Waals surface area contributed by atoms with Crippen molar-refractivity contribution >= 4 is 11.9 Å². The fourth-order valence-electron chi connectivity index (χ4n) is 5.12. The summed E-state index contributed by atoms with van der Waals surface area (Å²) in [5.41, 5.74) is 0.368. The zero-order chi connectivity index (χ0) is 19.3. The molecule has 7 heteroatoms. The van der Waals surface area contributed by atoms with E-state index in [4.69, 9.17) is 9.15 Å². The molecule has 3 saturated heterocycles. The van der Waals surface area contributed by atoms with Gasteiger partial charge < -0.3 is 24.7 Å². The monoisotopic (exact) mass is 375 g/mol. The highest BCUT2D eigenvalue weighted by Crippen LogP contribution is 2.54. The molecule has 0 radical (unpaired) electrons. The zero-order valence-corrected chi connectivity index (χ0v) is 16.5. The molecule has 3 fully saturated rings. The lowest BCUT2D eigenvalue weighted by Gasteiger charge is -2.29. The van der Waals surface area contributed by atoms with Gasteiger partial charge in [0.15, 0.2) is 0 Å². The first kappa shape index (κ1) is 18.3. The molecule has 7 nitrogen and oxygen atoms in total. The normalized spacial score (nSPS) is 31.4. The van der Waals surface area contributed by atoms with Crippen LogP contribution in [0.15, 0.2) is 10.5 Å². The minimum atomic E-state index is -0.226. The van der Waals surface area contributed by atoms with Crippen LogP contribution in [-0.4, -0.2) is 54.2 Å². The van der Waals surface area contributed by atoms with E-state index in [1.54, 1.807) is 13.0 Å². The summed E-state index contributed by atoms with van der Waals surface area (Å²) >= 11 is 0. The molecule has 1 aromatic heterocycles. The fourth-order valence-corrected chi connectivity index (χ4v) is 5.12. The Morgan fingerprint density at radius 1 is 1.37 bits per heavy atom. The average Bonchev–Trinajstić information content (AvgIpc) is 3.31. The molecule has 1 aromatic rings. The van der Waals surface area contributed by atoms with Crippen molar-refractivity contribution < 1.29 is 18.7 Å². The van der Waals surface area contributed by atoms with Gasteiger partial charge in [-0.05, 0) is 46.6 Å². The van der Waals surface area contributed by atoms with E-state index in [0.29, 0.717) is 31.0 Å². The van der Waals surface area contributed by atoms with E-state index < -0.39 is 0 Å². The number of ether oxygens (including phenoxy) is 1. The van der Waals surface area contributed by atoms with Crippen LogP contribution in [0.2, 0.25) is 0 Å². The van der Waals surface area contributed by atoms with Crippen LogP contribution in [0.3, 0.4) is 0 Å². The number of fused-ring (bicyclic) bond motifs is 1. The van der Waals surface area contributed by atoms with E-state index in [0.717, 1.165) is 18.6 Å². The first-order chi connectivity index (χ1) is 12.8. The van der Waals surface area contributed by atoms with Crippen molar-refractivity contribution in [3.8, 4) is 0 Å². The Hall–Kier alpha value is -2.02. The second-order valence-electron chi connectivity index (χ2n) is 8.55. The number of nitrogens with zero attached hydrogens (tertiary/aromatic N) is 1. The van der Waals surface area contributed by atoms with Gasteiger partial charge in [0, 0.05) is 31.0 Å². The topological polar surface area (TPSA) is 83.8 Å². The summed E-state index contributed by atoms with van der Waals surface area (Å²) in [4.78, 5) is 26.9. The van der Waals surface area contributed by atoms with Gasteiger partial charge in [-0.3, -0.25) is 4.79 Å². The molecule has 0 aliphatic carbocycles. The Balaban J connectivity index is 1.42. The molecule has 3 aliphatic rings. The predicted molar refractivity (Wildman–Crippen MR) is 99.6 cm³/mol. The van der Waals surface area contributed by atoms with Crippen LogP contribution in [0.25, 0.3) is 0 Å². The second-order valence-corrected chi connectivity index (χ2v) is 8.55. The second kappa shape index (κ2) is 6.55. The highest BCUT2D eigenvalue weighted by Gasteiger charge is 2.63. The minimum Gasteiger partial charge on any atom is -0.466 e. The first-order valence-corrected chi connectivity index (χ1v) is 9.87. The molecule has 2 N–H and O–H groups in total. The van der Waals surface area contributed by atoms with E-state index >= 15 is 0 Å². The number of hydrogen-bond donors (Lipinski definition) is 2. The van der Waals surface area contributed by atoms with Gasteiger partial charge in [-0.2, -0.15) is 0 Å². The molecule has 0 saturated carbocycles. The molecule has 27 heavy (non-hydrogen) atoms. The van der Waals surface area contributed by atoms with Crippen LogP contribution < -0.4 is 10.6 Å². The van der Waals surface area contributed by atoms with Gasteiger partial charge in [-0.25, -0.2) is 4.79 Å². The number of carbonyl (C=O) groups excluding carboxylic acids is 2. The molecule has 0 unspecified atom stereocenters. The third-order valence-electron chi connectivity index (χ3n) is 6.27. The molecule has 4 rings (SSSR count). The van der Waals surface area contributed by atoms with Crippen LogP contribution in [-0.2, 0) is 4.74 Å². The van der Waals surface area contributed by atoms with E-state index in [-0.39, 0.29) is 41.5 Å². The fraction of sp³-hybridized carbons (Fsp3) is 0.700. The first-order valence-electron chi connectivity index (χ1n) is 9.87. The third-order valence-corrected chi connectivity index (χ3v) is 6.27. The van der Waals surface area contributed by atoms with Crippen LogP contribution in [0, 0.1) is 25.7 Å². The number of carbonyl (C=O) groups is 2. The van der Waals surface area contributed by atoms with Gasteiger partial charge in [0.05, 0.1) is 23.8 Å². The number of hydrogen-bond acceptors (Lipinski definition) is 4. The Morgan fingerprint density at radius 3 is 2.81 bits per heavy atom. The van der Waals surface area contributed by atoms with Crippen molar-refractivity contribution in [3.63, 3.8) is 0 Å². The summed E-state index contributed by atoms with van der Waals surface area (Å²) in [7, 11) is 0. The average molecular weight is 375 g/mol. The van der Waals surface area contributed by atoms with Gasteiger partial charge in [-0.15, -0.1) is 0 Å². The van der Waals surface area contributed by atoms with Crippen LogP contribution in [0.1, 0.15) is 48.6 Å². The minimum absolute atomic E-state index is 0.0203. The lowest BCUT2D eigenvalue weighted by molar-refractivity contribution is 0.00548. The highest BCUT2D eigenvalue weighted by atomic mass is 16.5. The number of nitrogens with one attached hydrogen (secondary N) is 2. The molecule has 3 amide bonds. The molecular weight excluding hydrogens is 346 g/mol. The van der Waals surface area contributed by atoms with Crippen LogP contribution in [0.5, 0.6) is 0 Å². The lowest BCUT2D eigenvalue weighted by atomic mass is 9.73. The van der Waals surface area contributed by atoms with E-state index in [1.165, 1.54) is 0 Å². The maximum Gasteiger partial charge on any atom is 0.317 e. The van der Waals surface area contributed by atoms with E-state index in [2.05, 4.69) is 10.6 Å². The van der Waals surface area contributed by atoms with Crippen molar-refractivity contribution in [2.24, 2.45) is 11.8 Å². The summed E-state index contributed by atoms with van der Waals surface area (Å²) in [5.74, 6) is 1.80. The Kier molecular flexibility index (Phi) is 4.45. The molecule has 3 aliphatic heterocycles. The summed E-state index contributed by atoms with van der Waals surface area (Å²) in [6.07, 6.45) is 2.18. The number of amides is 3. The van der Waals surface area contributed by atoms with E-state index in [1.807, 2.05) is 25.7 Å². The summed E-state index contributed by atoms with van der Waals surface area (Å²) in [6, 6.07) is 1.87. The summed E-state index contributed by atoms with van der Waals surface area (Å²) in [5, 5.41) is 6.04. The molecule has 148 valence electrons. The van der Waals surface area contributed by atoms with Crippen molar-refractivity contribution in [3.05, 3.63) is 23.2 Å². The molecule has 0 aromatic carbocycles. The Morgan fingerprint density at radius 2 is 2.15 bits per heavy atom. The molecule has 4 heterocycles. The van der Waals surface area contributed by atoms with Crippen LogP contribution >= 0.6 is 0 Å². The number of furan rings is 1. The van der Waals surface area contributed by atoms with Crippen molar-refractivity contribution in [2.75, 3.05) is 19.6 Å². The summed E-state index contributed by atoms with van der Waals surface area (Å²) in [6.45, 7) is 9.49. The van der Waals surface area contributed by atoms with Gasteiger partial charge in [0.2, 0.25) is 0 Å². The predicted octanol–water partition coefficient (Wildman–Crippen LogP) is 2.22. The quantitative estimate of drug-likeness (QED) is 0.845. The largest absolute Gasteiger partial charge is 0.466 e. The number of aryl methyl sites for hydroxylation is 2. The zero-order valence-electron chi connectivity index (χ0n) is 16.5. The Bertz CT molecular complexity index is 758. The summed E-state index contributed by atoms with van der Waals surface area (Å²) < 4.78 is 11.8. The van der Waals surface area contributed by atoms with Gasteiger partial charge in [0.1, 0.15) is 11.5 Å². The highest BCUT2D eigenvalue weighted by molar-refractivity contribution is 5.95. The SMILES string of the molecule is Cc1cc(C(=O)NC[C@H]2[C@H]3CN(C(=O)NC(C)C)C[C@]34CC[C@H]2O4)c(C)o1. The van der Waals surface area contributed by atoms with Crippen molar-refractivity contribution in [1.29, 1.82) is 0 Å². The molecule has 4 atom stereocenters. The maximum atomic E-state index is 12.5. The number of urea groups is 1. The third kappa shape index (κ3) is 3.12. The molecular formula is C20H29N3O4. The number of likely N-dealkylation sites (tertiary alicyclic amines) is 1. The molecule has 1 spiro atoms. The van der Waals surface area contributed by atoms with Gasteiger partial charge in [-0.1, -0.05) is 0 Å². The smallest absolute Gasteiger partial charge is 0.317 e. The maximum absolute atomic E-state index is 12.5. The van der Waals surface area contributed by atoms with Gasteiger partial charge >= 0.3 is 6.03 Å². The molecule has 2 bridgehead atoms. The van der Waals surface area contributed by atoms with Crippen molar-refractivity contribution in [1.82, 2.24) is 15.5 Å². The van der Waals surface area contributed by atoms with Crippen LogP contribution in [0.4, 0.5) is 4.79 Å². The van der Waals surface area contributed by atoms with E-state index in [9.17, 15) is 9.59 Å². The standard InChI is InChI=1S/C20H29N3O4/c1-11(2)22-19(25)23-9-16-15(17-5-6-20(16,10-23)27-17)8-21-18(24)14-7-12(3)26-13(14)4/h7,11,15-17H,5-6,8-10H2,1-4H3,(H,21,24)(H,22,25)/t15-,16+,17+,20+/m0/s1. The van der Waals surface area contributed by atoms with Crippen molar-refractivity contribution in [2.45, 2.75) is 58.3 Å². The van der Waals surface area contributed by atoms with Gasteiger partial charge in [0.25, 0.3) is 5.91 Å². The Labute approximate surface area is 159 Å². The number of rotatable bonds is 4. The lowest BCUT2D eigenvalue weighted by Crippen LogP contribution is -2.43.